The molecule has 0 heterocycles. The van der Waals surface area contributed by atoms with Crippen molar-refractivity contribution in [2.75, 3.05) is 0 Å². The maximum Gasteiger partial charge on any atom is 0.383 e. The van der Waals surface area contributed by atoms with Crippen LogP contribution in [0.2, 0.25) is 0 Å². The molecule has 0 aromatic carbocycles. The smallest absolute Gasteiger partial charge is 0.383 e. The average molecular weight is 220 g/mol. The van der Waals surface area contributed by atoms with Gasteiger partial charge < -0.3 is 10.2 Å². The fourth-order valence-electron chi connectivity index (χ4n) is 0.918. The fourth-order valence-corrected chi connectivity index (χ4v) is 0.918. The molecule has 88 valence electrons. The SMILES string of the molecule is CCC(C(=O)OOC(=O)C(C)O)C(C)O. The Balaban J connectivity index is 4.07. The third kappa shape index (κ3) is 4.75. The van der Waals surface area contributed by atoms with E-state index < -0.39 is 30.1 Å². The average Bonchev–Trinajstić information content (AvgIpc) is 2.14. The molecular formula is C9H16O6. The lowest BCUT2D eigenvalue weighted by atomic mass is 10.0. The molecule has 0 rings (SSSR count). The zero-order valence-corrected chi connectivity index (χ0v) is 8.97. The Morgan fingerprint density at radius 1 is 1.13 bits per heavy atom. The van der Waals surface area contributed by atoms with Crippen molar-refractivity contribution >= 4 is 11.9 Å². The summed E-state index contributed by atoms with van der Waals surface area (Å²) >= 11 is 0. The minimum absolute atomic E-state index is 0.364. The maximum atomic E-state index is 11.2. The molecule has 2 N–H and O–H groups in total. The number of rotatable bonds is 4. The summed E-state index contributed by atoms with van der Waals surface area (Å²) in [7, 11) is 0. The van der Waals surface area contributed by atoms with Crippen molar-refractivity contribution in [3.63, 3.8) is 0 Å². The Hall–Kier alpha value is -1.14. The highest BCUT2D eigenvalue weighted by Crippen LogP contribution is 2.10. The van der Waals surface area contributed by atoms with Gasteiger partial charge in [0.05, 0.1) is 12.0 Å². The highest BCUT2D eigenvalue weighted by molar-refractivity contribution is 5.76. The molecule has 0 aliphatic carbocycles. The largest absolute Gasteiger partial charge is 0.393 e. The molecular weight excluding hydrogens is 204 g/mol. The molecule has 0 radical (unpaired) electrons. The second-order valence-electron chi connectivity index (χ2n) is 3.24. The van der Waals surface area contributed by atoms with Crippen molar-refractivity contribution < 1.29 is 29.6 Å². The van der Waals surface area contributed by atoms with Gasteiger partial charge in [-0.1, -0.05) is 6.92 Å². The van der Waals surface area contributed by atoms with E-state index in [-0.39, 0.29) is 0 Å². The Bertz CT molecular complexity index is 223. The van der Waals surface area contributed by atoms with Gasteiger partial charge in [0.2, 0.25) is 0 Å². The molecule has 0 spiro atoms. The number of carbonyl (C=O) groups excluding carboxylic acids is 2. The lowest BCUT2D eigenvalue weighted by Crippen LogP contribution is -2.29. The van der Waals surface area contributed by atoms with E-state index in [4.69, 9.17) is 10.2 Å². The molecule has 0 aliphatic heterocycles. The van der Waals surface area contributed by atoms with E-state index >= 15 is 0 Å². The number of carbonyl (C=O) groups is 2. The summed E-state index contributed by atoms with van der Waals surface area (Å²) in [6.07, 6.45) is -1.87. The molecule has 6 heteroatoms. The van der Waals surface area contributed by atoms with Crippen molar-refractivity contribution in [1.82, 2.24) is 0 Å². The minimum Gasteiger partial charge on any atom is -0.393 e. The van der Waals surface area contributed by atoms with Crippen LogP contribution in [0.1, 0.15) is 27.2 Å². The first-order chi connectivity index (χ1) is 6.90. The van der Waals surface area contributed by atoms with Gasteiger partial charge in [0.15, 0.2) is 6.10 Å². The van der Waals surface area contributed by atoms with E-state index in [1.165, 1.54) is 13.8 Å². The predicted molar refractivity (Wildman–Crippen MR) is 49.3 cm³/mol. The van der Waals surface area contributed by atoms with Crippen LogP contribution in [0, 0.1) is 5.92 Å². The number of hydrogen-bond acceptors (Lipinski definition) is 6. The third-order valence-corrected chi connectivity index (χ3v) is 1.87. The highest BCUT2D eigenvalue weighted by atomic mass is 17.2. The quantitative estimate of drug-likeness (QED) is 0.502. The van der Waals surface area contributed by atoms with Gasteiger partial charge in [-0.15, -0.1) is 0 Å². The van der Waals surface area contributed by atoms with Crippen molar-refractivity contribution in [3.05, 3.63) is 0 Å². The summed E-state index contributed by atoms with van der Waals surface area (Å²) in [4.78, 5) is 30.1. The molecule has 0 bridgehead atoms. The zero-order valence-electron chi connectivity index (χ0n) is 8.97. The minimum atomic E-state index is -1.36. The van der Waals surface area contributed by atoms with Crippen LogP contribution >= 0.6 is 0 Å². The standard InChI is InChI=1S/C9H16O6/c1-4-7(5(2)10)9(13)15-14-8(12)6(3)11/h5-7,10-11H,4H2,1-3H3. The van der Waals surface area contributed by atoms with Gasteiger partial charge in [-0.2, -0.15) is 0 Å². The van der Waals surface area contributed by atoms with E-state index in [9.17, 15) is 9.59 Å². The van der Waals surface area contributed by atoms with Crippen LogP contribution in [0.3, 0.4) is 0 Å². The Kier molecular flexibility index (Phi) is 5.88. The van der Waals surface area contributed by atoms with Gasteiger partial charge in [0.25, 0.3) is 0 Å². The van der Waals surface area contributed by atoms with Crippen LogP contribution in [-0.2, 0) is 19.4 Å². The molecule has 0 aromatic rings. The summed E-state index contributed by atoms with van der Waals surface area (Å²) in [5.41, 5.74) is 0. The summed E-state index contributed by atoms with van der Waals surface area (Å²) in [6, 6.07) is 0. The molecule has 3 atom stereocenters. The normalized spacial score (nSPS) is 16.3. The Morgan fingerprint density at radius 3 is 1.93 bits per heavy atom. The van der Waals surface area contributed by atoms with Crippen LogP contribution in [0.25, 0.3) is 0 Å². The van der Waals surface area contributed by atoms with Crippen LogP contribution < -0.4 is 0 Å². The fraction of sp³-hybridized carbons (Fsp3) is 0.778. The lowest BCUT2D eigenvalue weighted by Gasteiger charge is -2.14. The topological polar surface area (TPSA) is 93.1 Å². The first-order valence-corrected chi connectivity index (χ1v) is 4.68. The van der Waals surface area contributed by atoms with Crippen molar-refractivity contribution in [2.45, 2.75) is 39.4 Å². The molecule has 0 fully saturated rings. The van der Waals surface area contributed by atoms with Gasteiger partial charge in [-0.05, 0) is 20.3 Å². The summed E-state index contributed by atoms with van der Waals surface area (Å²) in [5, 5.41) is 17.9. The van der Waals surface area contributed by atoms with Crippen LogP contribution in [0.4, 0.5) is 0 Å². The van der Waals surface area contributed by atoms with Gasteiger partial charge in [-0.25, -0.2) is 19.4 Å². The first kappa shape index (κ1) is 13.9. The Labute approximate surface area is 87.7 Å². The monoisotopic (exact) mass is 220 g/mol. The van der Waals surface area contributed by atoms with E-state index in [1.54, 1.807) is 6.92 Å². The van der Waals surface area contributed by atoms with Crippen molar-refractivity contribution in [2.24, 2.45) is 5.92 Å². The van der Waals surface area contributed by atoms with Crippen LogP contribution in [-0.4, -0.2) is 34.4 Å². The number of aliphatic hydroxyl groups is 2. The van der Waals surface area contributed by atoms with Crippen LogP contribution in [0.15, 0.2) is 0 Å². The van der Waals surface area contributed by atoms with E-state index in [0.717, 1.165) is 0 Å². The predicted octanol–water partition coefficient (Wildman–Crippen LogP) is -0.224. The molecule has 0 aliphatic rings. The number of hydrogen-bond donors (Lipinski definition) is 2. The lowest BCUT2D eigenvalue weighted by molar-refractivity contribution is -0.268. The zero-order chi connectivity index (χ0) is 12.0. The third-order valence-electron chi connectivity index (χ3n) is 1.87. The second kappa shape index (κ2) is 6.36. The van der Waals surface area contributed by atoms with E-state index in [0.29, 0.717) is 6.42 Å². The summed E-state index contributed by atoms with van der Waals surface area (Å²) in [5.74, 6) is -2.63. The van der Waals surface area contributed by atoms with Crippen LogP contribution in [0.5, 0.6) is 0 Å². The molecule has 0 aromatic heterocycles. The summed E-state index contributed by atoms with van der Waals surface area (Å²) < 4.78 is 0. The molecule has 6 nitrogen and oxygen atoms in total. The molecule has 3 unspecified atom stereocenters. The van der Waals surface area contributed by atoms with Crippen molar-refractivity contribution in [3.8, 4) is 0 Å². The van der Waals surface area contributed by atoms with Gasteiger partial charge in [-0.3, -0.25) is 0 Å². The van der Waals surface area contributed by atoms with Gasteiger partial charge >= 0.3 is 11.9 Å². The number of aliphatic hydroxyl groups excluding tert-OH is 2. The highest BCUT2D eigenvalue weighted by Gasteiger charge is 2.26. The summed E-state index contributed by atoms with van der Waals surface area (Å²) in [6.45, 7) is 4.31. The van der Waals surface area contributed by atoms with Gasteiger partial charge in [0, 0.05) is 0 Å². The second-order valence-corrected chi connectivity index (χ2v) is 3.24. The van der Waals surface area contributed by atoms with E-state index in [2.05, 4.69) is 9.78 Å². The molecule has 15 heavy (non-hydrogen) atoms. The maximum absolute atomic E-state index is 11.2. The molecule has 0 amide bonds. The first-order valence-electron chi connectivity index (χ1n) is 4.68. The molecule has 0 saturated carbocycles. The van der Waals surface area contributed by atoms with Crippen molar-refractivity contribution in [1.29, 1.82) is 0 Å². The van der Waals surface area contributed by atoms with E-state index in [1.807, 2.05) is 0 Å². The molecule has 0 saturated heterocycles. The Morgan fingerprint density at radius 2 is 1.60 bits per heavy atom. The van der Waals surface area contributed by atoms with Gasteiger partial charge in [0.1, 0.15) is 0 Å².